The number of nitrogens with one attached hydrogen (secondary N) is 1. The molecule has 0 bridgehead atoms. The molecule has 8 heteroatoms. The summed E-state index contributed by atoms with van der Waals surface area (Å²) in [7, 11) is 0. The van der Waals surface area contributed by atoms with E-state index in [0.29, 0.717) is 28.4 Å². The highest BCUT2D eigenvalue weighted by Gasteiger charge is 2.34. The second kappa shape index (κ2) is 8.61. The zero-order valence-electron chi connectivity index (χ0n) is 17.2. The highest BCUT2D eigenvalue weighted by Crippen LogP contribution is 2.38. The molecule has 0 spiro atoms. The van der Waals surface area contributed by atoms with Crippen LogP contribution >= 0.6 is 23.8 Å². The van der Waals surface area contributed by atoms with Gasteiger partial charge in [0.2, 0.25) is 5.82 Å². The number of hydrogen-bond acceptors (Lipinski definition) is 5. The van der Waals surface area contributed by atoms with Gasteiger partial charge in [-0.15, -0.1) is 0 Å². The van der Waals surface area contributed by atoms with Crippen molar-refractivity contribution in [3.63, 3.8) is 0 Å². The van der Waals surface area contributed by atoms with E-state index in [1.54, 1.807) is 6.26 Å². The summed E-state index contributed by atoms with van der Waals surface area (Å²) in [6.07, 6.45) is 1.65. The Labute approximate surface area is 195 Å². The van der Waals surface area contributed by atoms with Crippen molar-refractivity contribution >= 4 is 34.5 Å². The van der Waals surface area contributed by atoms with Crippen molar-refractivity contribution in [1.82, 2.24) is 20.4 Å². The van der Waals surface area contributed by atoms with E-state index in [4.69, 9.17) is 37.7 Å². The molecule has 1 aliphatic rings. The lowest BCUT2D eigenvalue weighted by atomic mass is 9.95. The highest BCUT2D eigenvalue weighted by atomic mass is 35.5. The van der Waals surface area contributed by atoms with Gasteiger partial charge in [-0.3, -0.25) is 0 Å². The Morgan fingerprint density at radius 2 is 1.84 bits per heavy atom. The van der Waals surface area contributed by atoms with E-state index in [2.05, 4.69) is 10.5 Å². The summed E-state index contributed by atoms with van der Waals surface area (Å²) >= 11 is 11.8. The van der Waals surface area contributed by atoms with Gasteiger partial charge in [0.25, 0.3) is 5.89 Å². The molecule has 0 radical (unpaired) electrons. The smallest absolute Gasteiger partial charge is 0.258 e. The van der Waals surface area contributed by atoms with Gasteiger partial charge in [0.05, 0.1) is 24.4 Å². The number of nitrogens with zero attached hydrogens (tertiary/aromatic N) is 3. The SMILES string of the molecule is CC1=C(c2nc(-c3ccccc3)no2)C(c2ccc(Cl)cc2)NC(=S)N1Cc1ccco1. The van der Waals surface area contributed by atoms with Gasteiger partial charge in [-0.25, -0.2) is 0 Å². The average Bonchev–Trinajstić information content (AvgIpc) is 3.50. The summed E-state index contributed by atoms with van der Waals surface area (Å²) < 4.78 is 11.3. The van der Waals surface area contributed by atoms with Crippen molar-refractivity contribution in [3.05, 3.63) is 101 Å². The van der Waals surface area contributed by atoms with Gasteiger partial charge < -0.3 is 19.2 Å². The van der Waals surface area contributed by atoms with Gasteiger partial charge >= 0.3 is 0 Å². The predicted octanol–water partition coefficient (Wildman–Crippen LogP) is 5.85. The van der Waals surface area contributed by atoms with Crippen LogP contribution < -0.4 is 5.32 Å². The van der Waals surface area contributed by atoms with E-state index < -0.39 is 0 Å². The number of allylic oxidation sites excluding steroid dienone is 1. The molecule has 1 aliphatic heterocycles. The topological polar surface area (TPSA) is 67.3 Å². The minimum absolute atomic E-state index is 0.267. The largest absolute Gasteiger partial charge is 0.467 e. The fraction of sp³-hybridized carbons (Fsp3) is 0.125. The second-order valence-corrected chi connectivity index (χ2v) is 8.21. The maximum absolute atomic E-state index is 6.12. The predicted molar refractivity (Wildman–Crippen MR) is 127 cm³/mol. The Balaban J connectivity index is 1.60. The van der Waals surface area contributed by atoms with Gasteiger partial charge in [0, 0.05) is 16.3 Å². The van der Waals surface area contributed by atoms with Crippen molar-refractivity contribution in [2.75, 3.05) is 0 Å². The Morgan fingerprint density at radius 1 is 1.06 bits per heavy atom. The van der Waals surface area contributed by atoms with Crippen molar-refractivity contribution < 1.29 is 8.94 Å². The van der Waals surface area contributed by atoms with Crippen LogP contribution in [0.5, 0.6) is 0 Å². The van der Waals surface area contributed by atoms with E-state index >= 15 is 0 Å². The van der Waals surface area contributed by atoms with Gasteiger partial charge in [0.15, 0.2) is 5.11 Å². The van der Waals surface area contributed by atoms with Crippen LogP contribution in [0.4, 0.5) is 0 Å². The van der Waals surface area contributed by atoms with Crippen molar-refractivity contribution in [2.45, 2.75) is 19.5 Å². The minimum atomic E-state index is -0.267. The van der Waals surface area contributed by atoms with Crippen LogP contribution in [0, 0.1) is 0 Å². The number of rotatable bonds is 5. The third-order valence-corrected chi connectivity index (χ3v) is 5.97. The molecular formula is C24H19ClN4O2S. The second-order valence-electron chi connectivity index (χ2n) is 7.39. The normalized spacial score (nSPS) is 16.4. The molecule has 2 aromatic heterocycles. The monoisotopic (exact) mass is 462 g/mol. The quantitative estimate of drug-likeness (QED) is 0.373. The summed E-state index contributed by atoms with van der Waals surface area (Å²) in [6, 6.07) is 20.9. The first-order valence-electron chi connectivity index (χ1n) is 10.1. The summed E-state index contributed by atoms with van der Waals surface area (Å²) in [6.45, 7) is 2.49. The molecule has 4 aromatic rings. The van der Waals surface area contributed by atoms with Crippen molar-refractivity contribution in [1.29, 1.82) is 0 Å². The molecule has 5 rings (SSSR count). The van der Waals surface area contributed by atoms with E-state index in [9.17, 15) is 0 Å². The zero-order chi connectivity index (χ0) is 22.1. The summed E-state index contributed by atoms with van der Waals surface area (Å²) in [5.41, 5.74) is 3.63. The molecular weight excluding hydrogens is 444 g/mol. The lowest BCUT2D eigenvalue weighted by molar-refractivity contribution is 0.382. The number of aromatic nitrogens is 2. The van der Waals surface area contributed by atoms with Crippen LogP contribution in [0.1, 0.15) is 30.2 Å². The molecule has 0 saturated carbocycles. The first-order valence-corrected chi connectivity index (χ1v) is 10.8. The van der Waals surface area contributed by atoms with E-state index in [1.807, 2.05) is 78.6 Å². The lowest BCUT2D eigenvalue weighted by Gasteiger charge is -2.37. The third kappa shape index (κ3) is 3.92. The number of thiocarbonyl (C=S) groups is 1. The number of benzene rings is 2. The Hall–Kier alpha value is -3.42. The van der Waals surface area contributed by atoms with Crippen molar-refractivity contribution in [2.24, 2.45) is 0 Å². The summed E-state index contributed by atoms with van der Waals surface area (Å²) in [4.78, 5) is 6.68. The number of furan rings is 1. The molecule has 0 amide bonds. The summed E-state index contributed by atoms with van der Waals surface area (Å²) in [5, 5.41) is 8.90. The van der Waals surface area contributed by atoms with Crippen LogP contribution in [0.2, 0.25) is 5.02 Å². The fourth-order valence-corrected chi connectivity index (χ4v) is 4.20. The van der Waals surface area contributed by atoms with Crippen LogP contribution in [0.3, 0.4) is 0 Å². The Bertz CT molecular complexity index is 1270. The highest BCUT2D eigenvalue weighted by molar-refractivity contribution is 7.80. The van der Waals surface area contributed by atoms with Crippen LogP contribution in [-0.4, -0.2) is 20.2 Å². The summed E-state index contributed by atoms with van der Waals surface area (Å²) in [5.74, 6) is 1.76. The first kappa shape index (κ1) is 20.5. The molecule has 160 valence electrons. The fourth-order valence-electron chi connectivity index (χ4n) is 3.75. The molecule has 0 saturated heterocycles. The maximum atomic E-state index is 6.12. The first-order chi connectivity index (χ1) is 15.6. The van der Waals surface area contributed by atoms with Gasteiger partial charge in [0.1, 0.15) is 5.76 Å². The van der Waals surface area contributed by atoms with E-state index in [0.717, 1.165) is 28.2 Å². The molecule has 1 atom stereocenters. The number of hydrogen-bond donors (Lipinski definition) is 1. The third-order valence-electron chi connectivity index (χ3n) is 5.38. The Kier molecular flexibility index (Phi) is 5.51. The van der Waals surface area contributed by atoms with Crippen LogP contribution in [0.15, 0.2) is 87.6 Å². The van der Waals surface area contributed by atoms with Crippen LogP contribution in [-0.2, 0) is 6.54 Å². The molecule has 1 unspecified atom stereocenters. The molecule has 3 heterocycles. The molecule has 6 nitrogen and oxygen atoms in total. The molecule has 0 aliphatic carbocycles. The van der Waals surface area contributed by atoms with Crippen LogP contribution in [0.25, 0.3) is 17.0 Å². The van der Waals surface area contributed by atoms with Gasteiger partial charge in [-0.2, -0.15) is 4.98 Å². The van der Waals surface area contributed by atoms with Gasteiger partial charge in [-0.1, -0.05) is 59.2 Å². The van der Waals surface area contributed by atoms with Crippen molar-refractivity contribution in [3.8, 4) is 11.4 Å². The average molecular weight is 463 g/mol. The standard InChI is InChI=1S/C24H19ClN4O2S/c1-15-20(23-27-22(28-31-23)17-6-3-2-4-7-17)21(16-9-11-18(25)12-10-16)26-24(32)29(15)14-19-8-5-13-30-19/h2-13,21H,14H2,1H3,(H,26,32). The van der Waals surface area contributed by atoms with Gasteiger partial charge in [-0.05, 0) is 49.0 Å². The maximum Gasteiger partial charge on any atom is 0.258 e. The minimum Gasteiger partial charge on any atom is -0.467 e. The Morgan fingerprint density at radius 3 is 2.56 bits per heavy atom. The molecule has 32 heavy (non-hydrogen) atoms. The molecule has 1 N–H and O–H groups in total. The molecule has 0 fully saturated rings. The van der Waals surface area contributed by atoms with E-state index in [1.165, 1.54) is 0 Å². The van der Waals surface area contributed by atoms with E-state index in [-0.39, 0.29) is 6.04 Å². The number of halogens is 1. The molecule has 2 aromatic carbocycles. The zero-order valence-corrected chi connectivity index (χ0v) is 18.7. The lowest BCUT2D eigenvalue weighted by Crippen LogP contribution is -2.45.